The molecule has 1 aromatic heterocycles. The highest BCUT2D eigenvalue weighted by Crippen LogP contribution is 2.32. The van der Waals surface area contributed by atoms with E-state index in [9.17, 15) is 14.0 Å². The molecule has 0 saturated carbocycles. The van der Waals surface area contributed by atoms with Crippen LogP contribution in [0.1, 0.15) is 12.2 Å². The van der Waals surface area contributed by atoms with Crippen molar-refractivity contribution in [3.8, 4) is 0 Å². The van der Waals surface area contributed by atoms with Crippen molar-refractivity contribution in [1.82, 2.24) is 4.90 Å². The predicted octanol–water partition coefficient (Wildman–Crippen LogP) is 3.65. The number of thiocarbonyl (C=S) groups is 1. The lowest BCUT2D eigenvalue weighted by Crippen LogP contribution is -2.31. The second kappa shape index (κ2) is 7.62. The SMILES string of the molecule is O=C(CCN1C(=O)/C(=C/c2ccco2)SC1=S)Nc1ccc(F)cc1. The summed E-state index contributed by atoms with van der Waals surface area (Å²) >= 11 is 6.38. The summed E-state index contributed by atoms with van der Waals surface area (Å²) in [7, 11) is 0. The van der Waals surface area contributed by atoms with Gasteiger partial charge in [0.15, 0.2) is 0 Å². The summed E-state index contributed by atoms with van der Waals surface area (Å²) < 4.78 is 18.4. The van der Waals surface area contributed by atoms with Crippen molar-refractivity contribution in [3.05, 3.63) is 59.1 Å². The molecule has 3 rings (SSSR count). The fourth-order valence-corrected chi connectivity index (χ4v) is 3.45. The van der Waals surface area contributed by atoms with Crippen LogP contribution in [0.5, 0.6) is 0 Å². The smallest absolute Gasteiger partial charge is 0.266 e. The predicted molar refractivity (Wildman–Crippen MR) is 98.2 cm³/mol. The van der Waals surface area contributed by atoms with Gasteiger partial charge in [-0.15, -0.1) is 0 Å². The standard InChI is InChI=1S/C17H13FN2O3S2/c18-11-3-5-12(6-4-11)19-15(21)7-8-20-16(22)14(25-17(20)24)10-13-2-1-9-23-13/h1-6,9-10H,7-8H2,(H,19,21)/b14-10-. The number of furan rings is 1. The van der Waals surface area contributed by atoms with Crippen LogP contribution < -0.4 is 5.32 Å². The number of amides is 2. The first-order valence-electron chi connectivity index (χ1n) is 7.37. The molecule has 128 valence electrons. The quantitative estimate of drug-likeness (QED) is 0.638. The Balaban J connectivity index is 1.57. The number of rotatable bonds is 5. The Bertz CT molecular complexity index is 832. The number of nitrogens with zero attached hydrogens (tertiary/aromatic N) is 1. The Kier molecular flexibility index (Phi) is 5.30. The molecule has 0 atom stereocenters. The van der Waals surface area contributed by atoms with Crippen molar-refractivity contribution in [3.63, 3.8) is 0 Å². The second-order valence-electron chi connectivity index (χ2n) is 5.15. The van der Waals surface area contributed by atoms with Gasteiger partial charge in [-0.05, 0) is 36.4 Å². The number of thioether (sulfide) groups is 1. The monoisotopic (exact) mass is 376 g/mol. The first-order valence-corrected chi connectivity index (χ1v) is 8.60. The van der Waals surface area contributed by atoms with E-state index in [0.717, 1.165) is 0 Å². The lowest BCUT2D eigenvalue weighted by molar-refractivity contribution is -0.122. The van der Waals surface area contributed by atoms with Crippen LogP contribution in [-0.4, -0.2) is 27.6 Å². The number of anilines is 1. The first-order chi connectivity index (χ1) is 12.0. The summed E-state index contributed by atoms with van der Waals surface area (Å²) in [5, 5.41) is 2.65. The van der Waals surface area contributed by atoms with Crippen LogP contribution in [-0.2, 0) is 9.59 Å². The molecule has 1 aliphatic heterocycles. The van der Waals surface area contributed by atoms with E-state index >= 15 is 0 Å². The highest BCUT2D eigenvalue weighted by molar-refractivity contribution is 8.26. The van der Waals surface area contributed by atoms with Crippen LogP contribution in [0.4, 0.5) is 10.1 Å². The number of hydrogen-bond acceptors (Lipinski definition) is 5. The molecule has 0 bridgehead atoms. The third-order valence-corrected chi connectivity index (χ3v) is 4.76. The number of carbonyl (C=O) groups is 2. The first kappa shape index (κ1) is 17.4. The van der Waals surface area contributed by atoms with Crippen molar-refractivity contribution >= 4 is 51.9 Å². The number of hydrogen-bond donors (Lipinski definition) is 1. The van der Waals surface area contributed by atoms with Crippen molar-refractivity contribution in [2.24, 2.45) is 0 Å². The van der Waals surface area contributed by atoms with E-state index in [1.165, 1.54) is 47.2 Å². The Labute approximate surface area is 152 Å². The zero-order chi connectivity index (χ0) is 17.8. The van der Waals surface area contributed by atoms with Gasteiger partial charge in [-0.3, -0.25) is 14.5 Å². The molecule has 2 amide bonds. The number of nitrogens with one attached hydrogen (secondary N) is 1. The number of carbonyl (C=O) groups excluding carboxylic acids is 2. The largest absolute Gasteiger partial charge is 0.465 e. The van der Waals surface area contributed by atoms with E-state index in [4.69, 9.17) is 16.6 Å². The van der Waals surface area contributed by atoms with Gasteiger partial charge in [-0.2, -0.15) is 0 Å². The van der Waals surface area contributed by atoms with Gasteiger partial charge in [-0.1, -0.05) is 24.0 Å². The van der Waals surface area contributed by atoms with Crippen LogP contribution >= 0.6 is 24.0 Å². The van der Waals surface area contributed by atoms with E-state index in [-0.39, 0.29) is 30.6 Å². The van der Waals surface area contributed by atoms with E-state index in [1.54, 1.807) is 18.2 Å². The maximum Gasteiger partial charge on any atom is 0.266 e. The molecule has 0 spiro atoms. The van der Waals surface area contributed by atoms with E-state index < -0.39 is 0 Å². The zero-order valence-electron chi connectivity index (χ0n) is 12.9. The third-order valence-electron chi connectivity index (χ3n) is 3.38. The maximum atomic E-state index is 12.8. The van der Waals surface area contributed by atoms with Crippen molar-refractivity contribution < 1.29 is 18.4 Å². The molecule has 8 heteroatoms. The number of halogens is 1. The molecule has 0 radical (unpaired) electrons. The molecule has 1 fully saturated rings. The molecule has 2 heterocycles. The summed E-state index contributed by atoms with van der Waals surface area (Å²) in [5.41, 5.74) is 0.495. The zero-order valence-corrected chi connectivity index (χ0v) is 14.5. The van der Waals surface area contributed by atoms with Gasteiger partial charge in [0.25, 0.3) is 5.91 Å². The molecule has 1 aromatic carbocycles. The van der Waals surface area contributed by atoms with E-state index in [0.29, 0.717) is 20.7 Å². The van der Waals surface area contributed by atoms with Crippen molar-refractivity contribution in [2.75, 3.05) is 11.9 Å². The van der Waals surface area contributed by atoms with Gasteiger partial charge in [0.05, 0.1) is 11.2 Å². The normalized spacial score (nSPS) is 15.9. The minimum absolute atomic E-state index is 0.0812. The molecule has 25 heavy (non-hydrogen) atoms. The molecular weight excluding hydrogens is 363 g/mol. The lowest BCUT2D eigenvalue weighted by atomic mass is 10.3. The van der Waals surface area contributed by atoms with Crippen LogP contribution in [0.25, 0.3) is 6.08 Å². The molecule has 0 unspecified atom stereocenters. The second-order valence-corrected chi connectivity index (χ2v) is 6.83. The third kappa shape index (κ3) is 4.34. The molecule has 1 saturated heterocycles. The van der Waals surface area contributed by atoms with Crippen LogP contribution in [0.15, 0.2) is 52.0 Å². The van der Waals surface area contributed by atoms with Gasteiger partial charge in [0, 0.05) is 24.7 Å². The molecule has 1 N–H and O–H groups in total. The molecule has 1 aliphatic rings. The highest BCUT2D eigenvalue weighted by Gasteiger charge is 2.32. The fraction of sp³-hybridized carbons (Fsp3) is 0.118. The summed E-state index contributed by atoms with van der Waals surface area (Å²) in [6.07, 6.45) is 3.22. The molecule has 0 aliphatic carbocycles. The Morgan fingerprint density at radius 3 is 2.76 bits per heavy atom. The van der Waals surface area contributed by atoms with E-state index in [2.05, 4.69) is 5.32 Å². The van der Waals surface area contributed by atoms with Gasteiger partial charge in [0.1, 0.15) is 15.9 Å². The van der Waals surface area contributed by atoms with Crippen LogP contribution in [0.3, 0.4) is 0 Å². The van der Waals surface area contributed by atoms with Gasteiger partial charge < -0.3 is 9.73 Å². The lowest BCUT2D eigenvalue weighted by Gasteiger charge is -2.14. The summed E-state index contributed by atoms with van der Waals surface area (Å²) in [5.74, 6) is -0.342. The van der Waals surface area contributed by atoms with Gasteiger partial charge in [-0.25, -0.2) is 4.39 Å². The Morgan fingerprint density at radius 1 is 1.32 bits per heavy atom. The average Bonchev–Trinajstić information content (AvgIpc) is 3.18. The summed E-state index contributed by atoms with van der Waals surface area (Å²) in [6.45, 7) is 0.174. The van der Waals surface area contributed by atoms with Crippen LogP contribution in [0.2, 0.25) is 0 Å². The fourth-order valence-electron chi connectivity index (χ4n) is 2.17. The molecular formula is C17H13FN2O3S2. The number of benzene rings is 1. The molecule has 2 aromatic rings. The highest BCUT2D eigenvalue weighted by atomic mass is 32.2. The molecule has 5 nitrogen and oxygen atoms in total. The van der Waals surface area contributed by atoms with Gasteiger partial charge in [0.2, 0.25) is 5.91 Å². The Morgan fingerprint density at radius 2 is 2.08 bits per heavy atom. The minimum atomic E-state index is -0.376. The summed E-state index contributed by atoms with van der Waals surface area (Å²) in [4.78, 5) is 26.2. The van der Waals surface area contributed by atoms with Crippen molar-refractivity contribution in [2.45, 2.75) is 6.42 Å². The van der Waals surface area contributed by atoms with Crippen LogP contribution in [0, 0.1) is 5.82 Å². The average molecular weight is 376 g/mol. The maximum absolute atomic E-state index is 12.8. The van der Waals surface area contributed by atoms with E-state index in [1.807, 2.05) is 0 Å². The van der Waals surface area contributed by atoms with Crippen molar-refractivity contribution in [1.29, 1.82) is 0 Å². The topological polar surface area (TPSA) is 62.6 Å². The van der Waals surface area contributed by atoms with Gasteiger partial charge >= 0.3 is 0 Å². The summed E-state index contributed by atoms with van der Waals surface area (Å²) in [6, 6.07) is 8.93. The minimum Gasteiger partial charge on any atom is -0.465 e. The Hall–Kier alpha value is -2.45.